The Morgan fingerprint density at radius 3 is 1.81 bits per heavy atom. The molecule has 58 heavy (non-hydrogen) atoms. The van der Waals surface area contributed by atoms with Gasteiger partial charge in [-0.2, -0.15) is 0 Å². The first-order chi connectivity index (χ1) is 28.7. The Morgan fingerprint density at radius 1 is 0.397 bits per heavy atom. The standard InChI is InChI=1S/C50H28N6S2/c1-51-36-17-10-16-34(28-36)30-22-24-33(25-23-30)48-54-47(32-14-6-3-7-15-32)55-50(56-48)39-19-11-21-41-43(39)37-27-26-35(29-42(37)57-41)49-52-44(31-12-4-2-5-13-31)46-45(53-49)38-18-8-9-20-40(38)58-46/h2-29H. The van der Waals surface area contributed by atoms with Gasteiger partial charge in [-0.15, -0.1) is 22.7 Å². The summed E-state index contributed by atoms with van der Waals surface area (Å²) in [4.78, 5) is 29.3. The lowest BCUT2D eigenvalue weighted by Gasteiger charge is -2.10. The number of rotatable bonds is 6. The van der Waals surface area contributed by atoms with E-state index in [4.69, 9.17) is 31.5 Å². The van der Waals surface area contributed by atoms with E-state index in [1.54, 1.807) is 22.7 Å². The summed E-state index contributed by atoms with van der Waals surface area (Å²) in [7, 11) is 0. The van der Waals surface area contributed by atoms with E-state index in [0.717, 1.165) is 80.4 Å². The molecule has 0 radical (unpaired) electrons. The number of thiophene rings is 2. The van der Waals surface area contributed by atoms with Crippen LogP contribution in [0.4, 0.5) is 5.69 Å². The molecule has 0 saturated heterocycles. The third-order valence-corrected chi connectivity index (χ3v) is 12.7. The Labute approximate surface area is 341 Å². The van der Waals surface area contributed by atoms with Crippen LogP contribution in [0.25, 0.3) is 113 Å². The summed E-state index contributed by atoms with van der Waals surface area (Å²) in [5.74, 6) is 2.51. The molecule has 0 aliphatic heterocycles. The second-order valence-corrected chi connectivity index (χ2v) is 16.1. The molecule has 0 atom stereocenters. The van der Waals surface area contributed by atoms with E-state index in [9.17, 15) is 0 Å². The van der Waals surface area contributed by atoms with Crippen molar-refractivity contribution in [2.75, 3.05) is 0 Å². The quantitative estimate of drug-likeness (QED) is 0.157. The van der Waals surface area contributed by atoms with Crippen LogP contribution in [0.15, 0.2) is 170 Å². The van der Waals surface area contributed by atoms with Gasteiger partial charge < -0.3 is 0 Å². The van der Waals surface area contributed by atoms with Crippen LogP contribution in [0.3, 0.4) is 0 Å². The molecule has 270 valence electrons. The topological polar surface area (TPSA) is 68.8 Å². The van der Waals surface area contributed by atoms with Crippen LogP contribution in [-0.4, -0.2) is 24.9 Å². The van der Waals surface area contributed by atoms with Crippen LogP contribution < -0.4 is 0 Å². The normalized spacial score (nSPS) is 11.4. The average Bonchev–Trinajstić information content (AvgIpc) is 3.87. The van der Waals surface area contributed by atoms with Crippen molar-refractivity contribution in [3.05, 3.63) is 181 Å². The van der Waals surface area contributed by atoms with Crippen molar-refractivity contribution in [3.8, 4) is 67.9 Å². The maximum atomic E-state index is 7.43. The zero-order valence-corrected chi connectivity index (χ0v) is 32.3. The first-order valence-electron chi connectivity index (χ1n) is 18.8. The van der Waals surface area contributed by atoms with E-state index in [1.165, 1.54) is 4.70 Å². The molecule has 0 bridgehead atoms. The highest BCUT2D eigenvalue weighted by Crippen LogP contribution is 2.43. The number of hydrogen-bond donors (Lipinski definition) is 0. The zero-order chi connectivity index (χ0) is 38.6. The van der Waals surface area contributed by atoms with E-state index in [1.807, 2.05) is 72.8 Å². The Hall–Kier alpha value is -7.44. The highest BCUT2D eigenvalue weighted by Gasteiger charge is 2.20. The van der Waals surface area contributed by atoms with Crippen LogP contribution in [0.2, 0.25) is 0 Å². The highest BCUT2D eigenvalue weighted by atomic mass is 32.1. The first kappa shape index (κ1) is 33.9. The summed E-state index contributed by atoms with van der Waals surface area (Å²) in [5.41, 5.74) is 9.32. The minimum Gasteiger partial charge on any atom is -0.238 e. The summed E-state index contributed by atoms with van der Waals surface area (Å²) in [6.07, 6.45) is 0. The molecule has 0 saturated carbocycles. The molecule has 4 heterocycles. The van der Waals surface area contributed by atoms with E-state index < -0.39 is 0 Å². The predicted molar refractivity (Wildman–Crippen MR) is 240 cm³/mol. The van der Waals surface area contributed by atoms with E-state index in [-0.39, 0.29) is 0 Å². The number of benzene rings is 7. The number of aromatic nitrogens is 5. The molecule has 8 heteroatoms. The van der Waals surface area contributed by atoms with Crippen LogP contribution in [-0.2, 0) is 0 Å². The minimum absolute atomic E-state index is 0.590. The van der Waals surface area contributed by atoms with E-state index >= 15 is 0 Å². The Bertz CT molecular complexity index is 3400. The van der Waals surface area contributed by atoms with Crippen molar-refractivity contribution in [2.45, 2.75) is 0 Å². The van der Waals surface area contributed by atoms with Crippen molar-refractivity contribution in [3.63, 3.8) is 0 Å². The largest absolute Gasteiger partial charge is 0.238 e. The first-order valence-corrected chi connectivity index (χ1v) is 20.4. The molecule has 0 spiro atoms. The lowest BCUT2D eigenvalue weighted by molar-refractivity contribution is 1.08. The van der Waals surface area contributed by atoms with Gasteiger partial charge >= 0.3 is 0 Å². The number of hydrogen-bond acceptors (Lipinski definition) is 7. The predicted octanol–water partition coefficient (Wildman–Crippen LogP) is 14.0. The summed E-state index contributed by atoms with van der Waals surface area (Å²) in [6.45, 7) is 7.43. The van der Waals surface area contributed by atoms with Gasteiger partial charge in [-0.05, 0) is 35.4 Å². The van der Waals surface area contributed by atoms with E-state index in [0.29, 0.717) is 29.0 Å². The van der Waals surface area contributed by atoms with Gasteiger partial charge in [0.15, 0.2) is 29.0 Å². The molecular formula is C50H28N6S2. The maximum absolute atomic E-state index is 7.43. The molecule has 7 aromatic carbocycles. The van der Waals surface area contributed by atoms with Crippen LogP contribution in [0.5, 0.6) is 0 Å². The third-order valence-electron chi connectivity index (χ3n) is 10.4. The lowest BCUT2D eigenvalue weighted by atomic mass is 10.0. The lowest BCUT2D eigenvalue weighted by Crippen LogP contribution is -2.00. The molecule has 11 aromatic rings. The van der Waals surface area contributed by atoms with Crippen LogP contribution >= 0.6 is 22.7 Å². The van der Waals surface area contributed by atoms with Crippen molar-refractivity contribution in [1.82, 2.24) is 24.9 Å². The van der Waals surface area contributed by atoms with Crippen LogP contribution in [0.1, 0.15) is 0 Å². The SMILES string of the molecule is [C-]#[N+]c1cccc(-c2ccc(-c3nc(-c4ccccc4)nc(-c4cccc5sc6cc(-c7nc(-c8ccccc8)c8sc9ccccc9c8n7)ccc6c45)n3)cc2)c1. The van der Waals surface area contributed by atoms with Gasteiger partial charge in [-0.3, -0.25) is 0 Å². The van der Waals surface area contributed by atoms with E-state index in [2.05, 4.69) is 102 Å². The maximum Gasteiger partial charge on any atom is 0.187 e. The smallest absolute Gasteiger partial charge is 0.187 e. The summed E-state index contributed by atoms with van der Waals surface area (Å²) < 4.78 is 4.57. The summed E-state index contributed by atoms with van der Waals surface area (Å²) in [5, 5.41) is 3.37. The molecule has 0 aliphatic carbocycles. The average molecular weight is 777 g/mol. The number of nitrogens with zero attached hydrogens (tertiary/aromatic N) is 6. The summed E-state index contributed by atoms with van der Waals surface area (Å²) >= 11 is 3.49. The highest BCUT2D eigenvalue weighted by molar-refractivity contribution is 7.26. The van der Waals surface area contributed by atoms with Crippen molar-refractivity contribution in [1.29, 1.82) is 0 Å². The molecule has 0 unspecified atom stereocenters. The molecule has 0 N–H and O–H groups in total. The monoisotopic (exact) mass is 776 g/mol. The zero-order valence-electron chi connectivity index (χ0n) is 30.7. The molecule has 4 aromatic heterocycles. The van der Waals surface area contributed by atoms with Gasteiger partial charge in [-0.1, -0.05) is 146 Å². The van der Waals surface area contributed by atoms with Gasteiger partial charge in [0.1, 0.15) is 0 Å². The van der Waals surface area contributed by atoms with Gasteiger partial charge in [0.25, 0.3) is 0 Å². The Balaban J connectivity index is 1.05. The number of fused-ring (bicyclic) bond motifs is 6. The molecule has 11 rings (SSSR count). The van der Waals surface area contributed by atoms with Crippen molar-refractivity contribution < 1.29 is 0 Å². The minimum atomic E-state index is 0.590. The second kappa shape index (κ2) is 13.9. The molecule has 0 fully saturated rings. The van der Waals surface area contributed by atoms with Gasteiger partial charge in [0, 0.05) is 58.1 Å². The molecule has 0 aliphatic rings. The second-order valence-electron chi connectivity index (χ2n) is 13.9. The summed E-state index contributed by atoms with van der Waals surface area (Å²) in [6, 6.07) is 57.7. The molecule has 6 nitrogen and oxygen atoms in total. The van der Waals surface area contributed by atoms with Crippen LogP contribution in [0, 0.1) is 6.57 Å². The Kier molecular flexibility index (Phi) is 8.14. The van der Waals surface area contributed by atoms with Crippen molar-refractivity contribution in [2.24, 2.45) is 0 Å². The van der Waals surface area contributed by atoms with Gasteiger partial charge in [0.05, 0.1) is 22.5 Å². The fraction of sp³-hybridized carbons (Fsp3) is 0. The fourth-order valence-electron chi connectivity index (χ4n) is 7.57. The third kappa shape index (κ3) is 5.89. The van der Waals surface area contributed by atoms with Crippen molar-refractivity contribution >= 4 is 68.8 Å². The fourth-order valence-corrected chi connectivity index (χ4v) is 9.90. The molecule has 0 amide bonds. The molecular weight excluding hydrogens is 749 g/mol. The van der Waals surface area contributed by atoms with Gasteiger partial charge in [-0.25, -0.2) is 29.8 Å². The van der Waals surface area contributed by atoms with Gasteiger partial charge in [0.2, 0.25) is 0 Å². The Morgan fingerprint density at radius 2 is 1.02 bits per heavy atom.